The van der Waals surface area contributed by atoms with Crippen LogP contribution >= 0.6 is 11.3 Å². The summed E-state index contributed by atoms with van der Waals surface area (Å²) in [5.74, 6) is -0.102. The average Bonchev–Trinajstić information content (AvgIpc) is 3.26. The van der Waals surface area contributed by atoms with Crippen molar-refractivity contribution in [2.75, 3.05) is 23.7 Å². The Balaban J connectivity index is 1.47. The van der Waals surface area contributed by atoms with Crippen molar-refractivity contribution in [2.24, 2.45) is 5.92 Å². The average molecular weight is 348 g/mol. The van der Waals surface area contributed by atoms with E-state index >= 15 is 0 Å². The fraction of sp³-hybridized carbons (Fsp3) is 0.467. The maximum Gasteiger partial charge on any atom is 0.321 e. The van der Waals surface area contributed by atoms with Crippen molar-refractivity contribution < 1.29 is 9.59 Å². The second-order valence-electron chi connectivity index (χ2n) is 5.60. The molecule has 0 aromatic carbocycles. The largest absolute Gasteiger partial charge is 0.324 e. The van der Waals surface area contributed by atoms with Gasteiger partial charge in [-0.3, -0.25) is 9.48 Å². The summed E-state index contributed by atoms with van der Waals surface area (Å²) in [4.78, 5) is 30.2. The number of carbonyl (C=O) groups is 2. The zero-order valence-electron chi connectivity index (χ0n) is 13.4. The van der Waals surface area contributed by atoms with Gasteiger partial charge in [0, 0.05) is 43.3 Å². The van der Waals surface area contributed by atoms with Crippen molar-refractivity contribution in [2.45, 2.75) is 26.3 Å². The number of hydrogen-bond acceptors (Lipinski definition) is 5. The highest BCUT2D eigenvalue weighted by Gasteiger charge is 2.27. The lowest BCUT2D eigenvalue weighted by Crippen LogP contribution is -2.43. The van der Waals surface area contributed by atoms with Gasteiger partial charge in [0.15, 0.2) is 5.13 Å². The normalized spacial score (nSPS) is 15.3. The molecule has 0 spiro atoms. The minimum absolute atomic E-state index is 0.0192. The van der Waals surface area contributed by atoms with Gasteiger partial charge in [0.25, 0.3) is 0 Å². The minimum atomic E-state index is -0.149. The monoisotopic (exact) mass is 348 g/mol. The first-order valence-electron chi connectivity index (χ1n) is 7.94. The number of aromatic nitrogens is 3. The van der Waals surface area contributed by atoms with Gasteiger partial charge in [0.1, 0.15) is 0 Å². The second-order valence-corrected chi connectivity index (χ2v) is 6.50. The molecular weight excluding hydrogens is 328 g/mol. The molecular formula is C15H20N6O2S. The third-order valence-electron chi connectivity index (χ3n) is 4.02. The van der Waals surface area contributed by atoms with Crippen LogP contribution in [-0.4, -0.2) is 44.7 Å². The fourth-order valence-electron chi connectivity index (χ4n) is 2.64. The first-order valence-corrected chi connectivity index (χ1v) is 8.82. The van der Waals surface area contributed by atoms with E-state index in [4.69, 9.17) is 0 Å². The van der Waals surface area contributed by atoms with Crippen LogP contribution in [0.3, 0.4) is 0 Å². The number of hydrogen-bond donors (Lipinski definition) is 2. The van der Waals surface area contributed by atoms with Gasteiger partial charge < -0.3 is 15.5 Å². The Morgan fingerprint density at radius 2 is 2.12 bits per heavy atom. The molecule has 1 fully saturated rings. The number of thiazole rings is 1. The molecule has 2 aromatic rings. The smallest absolute Gasteiger partial charge is 0.321 e. The van der Waals surface area contributed by atoms with E-state index in [0.29, 0.717) is 36.8 Å². The van der Waals surface area contributed by atoms with Gasteiger partial charge in [-0.2, -0.15) is 5.10 Å². The van der Waals surface area contributed by atoms with Gasteiger partial charge in [-0.25, -0.2) is 9.78 Å². The number of aryl methyl sites for hydroxylation is 1. The first kappa shape index (κ1) is 16.4. The highest BCUT2D eigenvalue weighted by molar-refractivity contribution is 7.13. The Bertz CT molecular complexity index is 691. The number of carbonyl (C=O) groups excluding carboxylic acids is 2. The number of rotatable bonds is 4. The molecule has 0 bridgehead atoms. The van der Waals surface area contributed by atoms with Crippen LogP contribution in [0.1, 0.15) is 19.8 Å². The Morgan fingerprint density at radius 3 is 2.75 bits per heavy atom. The van der Waals surface area contributed by atoms with Crippen molar-refractivity contribution in [1.29, 1.82) is 0 Å². The van der Waals surface area contributed by atoms with Crippen LogP contribution in [-0.2, 0) is 11.3 Å². The van der Waals surface area contributed by atoms with E-state index in [9.17, 15) is 9.59 Å². The molecule has 1 saturated heterocycles. The molecule has 2 aromatic heterocycles. The highest BCUT2D eigenvalue weighted by Crippen LogP contribution is 2.21. The van der Waals surface area contributed by atoms with Crippen LogP contribution in [0, 0.1) is 5.92 Å². The molecule has 8 nitrogen and oxygen atoms in total. The zero-order valence-corrected chi connectivity index (χ0v) is 14.3. The number of piperidine rings is 1. The molecule has 3 amide bonds. The number of nitrogens with zero attached hydrogens (tertiary/aromatic N) is 4. The SMILES string of the molecule is CCn1cc(NC(=O)N2CCC(C(=O)Nc3nccs3)CC2)cn1. The van der Waals surface area contributed by atoms with E-state index in [0.717, 1.165) is 6.54 Å². The molecule has 0 unspecified atom stereocenters. The fourth-order valence-corrected chi connectivity index (χ4v) is 3.17. The van der Waals surface area contributed by atoms with Gasteiger partial charge in [-0.05, 0) is 19.8 Å². The van der Waals surface area contributed by atoms with Crippen LogP contribution < -0.4 is 10.6 Å². The molecule has 3 heterocycles. The van der Waals surface area contributed by atoms with E-state index in [2.05, 4.69) is 20.7 Å². The third kappa shape index (κ3) is 3.91. The van der Waals surface area contributed by atoms with Crippen molar-refractivity contribution in [1.82, 2.24) is 19.7 Å². The molecule has 1 aliphatic heterocycles. The summed E-state index contributed by atoms with van der Waals surface area (Å²) in [5, 5.41) is 12.2. The summed E-state index contributed by atoms with van der Waals surface area (Å²) < 4.78 is 1.75. The molecule has 0 saturated carbocycles. The van der Waals surface area contributed by atoms with E-state index in [-0.39, 0.29) is 17.9 Å². The molecule has 0 radical (unpaired) electrons. The Hall–Kier alpha value is -2.42. The lowest BCUT2D eigenvalue weighted by atomic mass is 9.96. The standard InChI is InChI=1S/C15H20N6O2S/c1-2-21-10-12(9-17-21)18-15(23)20-6-3-11(4-7-20)13(22)19-14-16-5-8-24-14/h5,8-11H,2-4,6-7H2,1H3,(H,18,23)(H,16,19,22). The van der Waals surface area contributed by atoms with Gasteiger partial charge in [0.05, 0.1) is 11.9 Å². The van der Waals surface area contributed by atoms with E-state index in [1.807, 2.05) is 12.3 Å². The minimum Gasteiger partial charge on any atom is -0.324 e. The molecule has 2 N–H and O–H groups in total. The van der Waals surface area contributed by atoms with Crippen molar-refractivity contribution >= 4 is 34.1 Å². The summed E-state index contributed by atoms with van der Waals surface area (Å²) in [6, 6.07) is -0.149. The number of urea groups is 1. The quantitative estimate of drug-likeness (QED) is 0.886. The number of likely N-dealkylation sites (tertiary alicyclic amines) is 1. The summed E-state index contributed by atoms with van der Waals surface area (Å²) in [6.45, 7) is 3.86. The summed E-state index contributed by atoms with van der Waals surface area (Å²) in [5.41, 5.74) is 0.686. The Labute approximate surface area is 143 Å². The lowest BCUT2D eigenvalue weighted by Gasteiger charge is -2.31. The van der Waals surface area contributed by atoms with E-state index in [1.165, 1.54) is 11.3 Å². The van der Waals surface area contributed by atoms with Crippen LogP contribution in [0.2, 0.25) is 0 Å². The maximum absolute atomic E-state index is 12.3. The van der Waals surface area contributed by atoms with Crippen LogP contribution in [0.15, 0.2) is 24.0 Å². The van der Waals surface area contributed by atoms with E-state index < -0.39 is 0 Å². The number of anilines is 2. The predicted octanol–water partition coefficient (Wildman–Crippen LogP) is 2.24. The van der Waals surface area contributed by atoms with Gasteiger partial charge in [-0.15, -0.1) is 11.3 Å². The molecule has 128 valence electrons. The lowest BCUT2D eigenvalue weighted by molar-refractivity contribution is -0.121. The number of nitrogens with one attached hydrogen (secondary N) is 2. The summed E-state index contributed by atoms with van der Waals surface area (Å²) in [7, 11) is 0. The van der Waals surface area contributed by atoms with E-state index in [1.54, 1.807) is 28.2 Å². The van der Waals surface area contributed by atoms with Crippen molar-refractivity contribution in [3.8, 4) is 0 Å². The molecule has 1 aliphatic rings. The molecule has 0 atom stereocenters. The second kappa shape index (κ2) is 7.43. The van der Waals surface area contributed by atoms with Gasteiger partial charge >= 0.3 is 6.03 Å². The van der Waals surface area contributed by atoms with Gasteiger partial charge in [-0.1, -0.05) is 0 Å². The molecule has 9 heteroatoms. The first-order chi connectivity index (χ1) is 11.7. The highest BCUT2D eigenvalue weighted by atomic mass is 32.1. The molecule has 0 aliphatic carbocycles. The summed E-state index contributed by atoms with van der Waals surface area (Å²) >= 11 is 1.40. The van der Waals surface area contributed by atoms with Crippen molar-refractivity contribution in [3.63, 3.8) is 0 Å². The Kier molecular flexibility index (Phi) is 5.09. The maximum atomic E-state index is 12.3. The topological polar surface area (TPSA) is 92.2 Å². The van der Waals surface area contributed by atoms with Gasteiger partial charge in [0.2, 0.25) is 5.91 Å². The van der Waals surface area contributed by atoms with Crippen molar-refractivity contribution in [3.05, 3.63) is 24.0 Å². The summed E-state index contributed by atoms with van der Waals surface area (Å²) in [6.07, 6.45) is 6.40. The van der Waals surface area contributed by atoms with Crippen LogP contribution in [0.4, 0.5) is 15.6 Å². The molecule has 3 rings (SSSR count). The third-order valence-corrected chi connectivity index (χ3v) is 4.71. The van der Waals surface area contributed by atoms with Crippen LogP contribution in [0.5, 0.6) is 0 Å². The zero-order chi connectivity index (χ0) is 16.9. The van der Waals surface area contributed by atoms with Crippen LogP contribution in [0.25, 0.3) is 0 Å². The predicted molar refractivity (Wildman–Crippen MR) is 92.0 cm³/mol. The number of amides is 3. The Morgan fingerprint density at radius 1 is 1.33 bits per heavy atom. The molecule has 24 heavy (non-hydrogen) atoms.